The molecule has 0 radical (unpaired) electrons. The van der Waals surface area contributed by atoms with Crippen LogP contribution in [0.3, 0.4) is 0 Å². The molecule has 3 rings (SSSR count). The number of rotatable bonds is 7. The maximum absolute atomic E-state index is 5.63. The zero-order valence-corrected chi connectivity index (χ0v) is 16.5. The maximum Gasteiger partial charge on any atom is 0.179 e. The van der Waals surface area contributed by atoms with Crippen molar-refractivity contribution < 1.29 is 9.47 Å². The van der Waals surface area contributed by atoms with Crippen LogP contribution in [0.4, 0.5) is 5.82 Å². The van der Waals surface area contributed by atoms with E-state index in [0.717, 1.165) is 24.2 Å². The zero-order valence-electron chi connectivity index (χ0n) is 14.9. The molecular formula is C17H21BrN6O2. The summed E-state index contributed by atoms with van der Waals surface area (Å²) >= 11 is 3.45. The summed E-state index contributed by atoms with van der Waals surface area (Å²) in [5.41, 5.74) is 5.14. The summed E-state index contributed by atoms with van der Waals surface area (Å²) < 4.78 is 13.3. The fourth-order valence-corrected chi connectivity index (χ4v) is 3.40. The van der Waals surface area contributed by atoms with Crippen LogP contribution < -0.4 is 20.7 Å². The van der Waals surface area contributed by atoms with E-state index in [4.69, 9.17) is 15.3 Å². The number of nitrogens with two attached hydrogens (primary N) is 1. The van der Waals surface area contributed by atoms with Gasteiger partial charge in [0.15, 0.2) is 33.2 Å². The van der Waals surface area contributed by atoms with E-state index >= 15 is 0 Å². The van der Waals surface area contributed by atoms with Gasteiger partial charge in [-0.3, -0.25) is 0 Å². The molecule has 0 amide bonds. The Morgan fingerprint density at radius 1 is 1.12 bits per heavy atom. The van der Waals surface area contributed by atoms with E-state index in [1.807, 2.05) is 29.7 Å². The second-order valence-corrected chi connectivity index (χ2v) is 6.33. The quantitative estimate of drug-likeness (QED) is 0.344. The van der Waals surface area contributed by atoms with Gasteiger partial charge in [-0.1, -0.05) is 6.07 Å². The minimum absolute atomic E-state index is 0.519. The third-order valence-electron chi connectivity index (χ3n) is 4.13. The van der Waals surface area contributed by atoms with Crippen molar-refractivity contribution in [2.24, 2.45) is 5.84 Å². The van der Waals surface area contributed by atoms with Crippen LogP contribution in [-0.2, 0) is 19.4 Å². The summed E-state index contributed by atoms with van der Waals surface area (Å²) in [6.45, 7) is 2.78. The molecule has 138 valence electrons. The normalized spacial score (nSPS) is 11.0. The summed E-state index contributed by atoms with van der Waals surface area (Å²) in [7, 11) is 3.25. The fraction of sp³-hybridized carbons (Fsp3) is 0.353. The summed E-state index contributed by atoms with van der Waals surface area (Å²) in [5.74, 6) is 8.26. The maximum atomic E-state index is 5.63. The number of methoxy groups -OCH3 is 2. The summed E-state index contributed by atoms with van der Waals surface area (Å²) in [5, 5.41) is 0. The largest absolute Gasteiger partial charge is 0.493 e. The van der Waals surface area contributed by atoms with Gasteiger partial charge in [-0.2, -0.15) is 0 Å². The molecule has 0 bridgehead atoms. The third-order valence-corrected chi connectivity index (χ3v) is 4.74. The molecular weight excluding hydrogens is 400 g/mol. The molecule has 0 aliphatic carbocycles. The number of imidazole rings is 1. The SMILES string of the molecule is CCn1c(Br)nc2c(NN)nc(CCc3ccc(OC)c(OC)c3)nc21. The van der Waals surface area contributed by atoms with Crippen molar-refractivity contribution >= 4 is 32.9 Å². The van der Waals surface area contributed by atoms with Crippen molar-refractivity contribution in [2.75, 3.05) is 19.6 Å². The highest BCUT2D eigenvalue weighted by molar-refractivity contribution is 9.10. The van der Waals surface area contributed by atoms with Gasteiger partial charge in [-0.05, 0) is 47.0 Å². The molecule has 0 atom stereocenters. The molecule has 0 saturated carbocycles. The second kappa shape index (κ2) is 7.88. The Morgan fingerprint density at radius 3 is 2.54 bits per heavy atom. The highest BCUT2D eigenvalue weighted by atomic mass is 79.9. The topological polar surface area (TPSA) is 100 Å². The second-order valence-electron chi connectivity index (χ2n) is 5.62. The molecule has 0 saturated heterocycles. The molecule has 3 aromatic rings. The first-order valence-corrected chi connectivity index (χ1v) is 9.00. The van der Waals surface area contributed by atoms with Gasteiger partial charge in [0.25, 0.3) is 0 Å². The van der Waals surface area contributed by atoms with Crippen molar-refractivity contribution in [2.45, 2.75) is 26.3 Å². The van der Waals surface area contributed by atoms with Crippen LogP contribution in [-0.4, -0.2) is 33.7 Å². The first-order chi connectivity index (χ1) is 12.6. The van der Waals surface area contributed by atoms with E-state index in [2.05, 4.69) is 36.3 Å². The molecule has 0 aliphatic heterocycles. The van der Waals surface area contributed by atoms with Gasteiger partial charge in [0, 0.05) is 13.0 Å². The van der Waals surface area contributed by atoms with E-state index in [1.165, 1.54) is 0 Å². The van der Waals surface area contributed by atoms with Gasteiger partial charge in [0.1, 0.15) is 5.82 Å². The van der Waals surface area contributed by atoms with Crippen molar-refractivity contribution in [3.63, 3.8) is 0 Å². The summed E-state index contributed by atoms with van der Waals surface area (Å²) in [6, 6.07) is 5.87. The van der Waals surface area contributed by atoms with Gasteiger partial charge in [0.05, 0.1) is 14.2 Å². The van der Waals surface area contributed by atoms with Crippen LogP contribution in [0.25, 0.3) is 11.2 Å². The standard InChI is InChI=1S/C17H21BrN6O2/c1-4-24-16-14(22-17(24)18)15(23-19)20-13(21-16)8-6-10-5-7-11(25-2)12(9-10)26-3/h5,7,9H,4,6,8,19H2,1-3H3,(H,20,21,23). The molecule has 1 aromatic carbocycles. The van der Waals surface area contributed by atoms with Crippen LogP contribution in [0.1, 0.15) is 18.3 Å². The van der Waals surface area contributed by atoms with Crippen molar-refractivity contribution in [3.8, 4) is 11.5 Å². The van der Waals surface area contributed by atoms with E-state index in [9.17, 15) is 0 Å². The van der Waals surface area contributed by atoms with Crippen molar-refractivity contribution in [3.05, 3.63) is 34.3 Å². The van der Waals surface area contributed by atoms with Gasteiger partial charge >= 0.3 is 0 Å². The monoisotopic (exact) mass is 420 g/mol. The van der Waals surface area contributed by atoms with E-state index < -0.39 is 0 Å². The minimum atomic E-state index is 0.519. The van der Waals surface area contributed by atoms with Crippen LogP contribution in [0, 0.1) is 0 Å². The van der Waals surface area contributed by atoms with Crippen LogP contribution in [0.2, 0.25) is 0 Å². The van der Waals surface area contributed by atoms with Crippen molar-refractivity contribution in [1.82, 2.24) is 19.5 Å². The molecule has 26 heavy (non-hydrogen) atoms. The Balaban J connectivity index is 1.89. The predicted octanol–water partition coefficient (Wildman–Crippen LogP) is 2.70. The number of fused-ring (bicyclic) bond motifs is 1. The fourth-order valence-electron chi connectivity index (χ4n) is 2.80. The number of halogens is 1. The Morgan fingerprint density at radius 2 is 1.88 bits per heavy atom. The Kier molecular flexibility index (Phi) is 5.58. The summed E-state index contributed by atoms with van der Waals surface area (Å²) in [6.07, 6.45) is 1.42. The lowest BCUT2D eigenvalue weighted by Crippen LogP contribution is -2.12. The van der Waals surface area contributed by atoms with E-state index in [1.54, 1.807) is 14.2 Å². The first kappa shape index (κ1) is 18.4. The number of hydrogen-bond donors (Lipinski definition) is 2. The summed E-state index contributed by atoms with van der Waals surface area (Å²) in [4.78, 5) is 13.6. The molecule has 3 N–H and O–H groups in total. The molecule has 0 aliphatic rings. The number of nitrogens with zero attached hydrogens (tertiary/aromatic N) is 4. The van der Waals surface area contributed by atoms with Crippen LogP contribution >= 0.6 is 15.9 Å². The predicted molar refractivity (Wildman–Crippen MR) is 103 cm³/mol. The third kappa shape index (κ3) is 3.45. The number of hydrogen-bond acceptors (Lipinski definition) is 7. The lowest BCUT2D eigenvalue weighted by Gasteiger charge is -2.10. The number of aryl methyl sites for hydroxylation is 3. The van der Waals surface area contributed by atoms with E-state index in [-0.39, 0.29) is 0 Å². The highest BCUT2D eigenvalue weighted by Gasteiger charge is 2.15. The lowest BCUT2D eigenvalue weighted by molar-refractivity contribution is 0.354. The van der Waals surface area contributed by atoms with Gasteiger partial charge < -0.3 is 19.5 Å². The van der Waals surface area contributed by atoms with Gasteiger partial charge in [-0.25, -0.2) is 20.8 Å². The molecule has 0 fully saturated rings. The van der Waals surface area contributed by atoms with Crippen molar-refractivity contribution in [1.29, 1.82) is 0 Å². The molecule has 9 heteroatoms. The minimum Gasteiger partial charge on any atom is -0.493 e. The Labute approximate surface area is 159 Å². The number of hydrazine groups is 1. The highest BCUT2D eigenvalue weighted by Crippen LogP contribution is 2.28. The lowest BCUT2D eigenvalue weighted by atomic mass is 10.1. The smallest absolute Gasteiger partial charge is 0.179 e. The molecule has 2 heterocycles. The zero-order chi connectivity index (χ0) is 18.7. The van der Waals surface area contributed by atoms with Crippen LogP contribution in [0.5, 0.6) is 11.5 Å². The number of anilines is 1. The molecule has 0 spiro atoms. The molecule has 2 aromatic heterocycles. The average Bonchev–Trinajstić information content (AvgIpc) is 3.00. The Hall–Kier alpha value is -2.39. The number of ether oxygens (including phenoxy) is 2. The van der Waals surface area contributed by atoms with E-state index in [0.29, 0.717) is 39.8 Å². The molecule has 8 nitrogen and oxygen atoms in total. The Bertz CT molecular complexity index is 927. The average molecular weight is 421 g/mol. The number of nitrogen functional groups attached to an aromatic ring is 1. The molecule has 0 unspecified atom stereocenters. The van der Waals surface area contributed by atoms with Gasteiger partial charge in [-0.15, -0.1) is 0 Å². The van der Waals surface area contributed by atoms with Crippen LogP contribution in [0.15, 0.2) is 22.9 Å². The number of aromatic nitrogens is 4. The number of nitrogens with one attached hydrogen (secondary N) is 1. The number of benzene rings is 1. The first-order valence-electron chi connectivity index (χ1n) is 8.21. The van der Waals surface area contributed by atoms with Gasteiger partial charge in [0.2, 0.25) is 0 Å².